The van der Waals surface area contributed by atoms with Crippen molar-refractivity contribution in [1.82, 2.24) is 9.78 Å². The first-order valence-corrected chi connectivity index (χ1v) is 6.08. The van der Waals surface area contributed by atoms with Crippen LogP contribution >= 0.6 is 11.6 Å². The fourth-order valence-corrected chi connectivity index (χ4v) is 2.53. The highest BCUT2D eigenvalue weighted by Gasteiger charge is 2.22. The molecule has 0 aromatic carbocycles. The highest BCUT2D eigenvalue weighted by molar-refractivity contribution is 6.32. The van der Waals surface area contributed by atoms with E-state index in [9.17, 15) is 0 Å². The first-order valence-electron chi connectivity index (χ1n) is 5.70. The molecule has 4 heteroatoms. The number of rotatable bonds is 2. The molecule has 1 aliphatic rings. The van der Waals surface area contributed by atoms with E-state index in [0.29, 0.717) is 16.9 Å². The van der Waals surface area contributed by atoms with Gasteiger partial charge < -0.3 is 5.73 Å². The zero-order valence-electron chi connectivity index (χ0n) is 9.12. The Balaban J connectivity index is 2.01. The monoisotopic (exact) mass is 227 g/mol. The van der Waals surface area contributed by atoms with E-state index < -0.39 is 0 Å². The normalized spacial score (nSPS) is 26.8. The molecule has 84 valence electrons. The van der Waals surface area contributed by atoms with Crippen molar-refractivity contribution in [2.45, 2.75) is 45.1 Å². The molecular weight excluding hydrogens is 210 g/mol. The highest BCUT2D eigenvalue weighted by Crippen LogP contribution is 2.34. The fraction of sp³-hybridized carbons (Fsp3) is 0.727. The number of nitrogens with zero attached hydrogens (tertiary/aromatic N) is 2. The first kappa shape index (κ1) is 10.8. The molecule has 1 aromatic rings. The van der Waals surface area contributed by atoms with Crippen LogP contribution in [0.1, 0.15) is 45.1 Å². The first-order chi connectivity index (χ1) is 7.20. The lowest BCUT2D eigenvalue weighted by Crippen LogP contribution is -2.18. The molecule has 1 saturated carbocycles. The van der Waals surface area contributed by atoms with Crippen LogP contribution in [0.5, 0.6) is 0 Å². The van der Waals surface area contributed by atoms with Crippen molar-refractivity contribution in [3.63, 3.8) is 0 Å². The summed E-state index contributed by atoms with van der Waals surface area (Å²) < 4.78 is 1.95. The number of aromatic nitrogens is 2. The van der Waals surface area contributed by atoms with E-state index in [2.05, 4.69) is 12.0 Å². The smallest absolute Gasteiger partial charge is 0.164 e. The Hall–Kier alpha value is -0.700. The fourth-order valence-electron chi connectivity index (χ4n) is 2.39. The lowest BCUT2D eigenvalue weighted by Gasteiger charge is -2.27. The molecule has 1 aliphatic carbocycles. The number of anilines is 1. The molecule has 1 fully saturated rings. The van der Waals surface area contributed by atoms with E-state index in [-0.39, 0.29) is 0 Å². The number of hydrogen-bond donors (Lipinski definition) is 1. The van der Waals surface area contributed by atoms with Gasteiger partial charge in [0.1, 0.15) is 5.02 Å². The van der Waals surface area contributed by atoms with Crippen LogP contribution < -0.4 is 5.73 Å². The number of hydrogen-bond acceptors (Lipinski definition) is 2. The van der Waals surface area contributed by atoms with Crippen LogP contribution in [0.3, 0.4) is 0 Å². The van der Waals surface area contributed by atoms with Crippen LogP contribution in [-0.2, 0) is 0 Å². The van der Waals surface area contributed by atoms with Crippen molar-refractivity contribution in [3.05, 3.63) is 11.2 Å². The van der Waals surface area contributed by atoms with Gasteiger partial charge in [0.25, 0.3) is 0 Å². The molecule has 0 unspecified atom stereocenters. The van der Waals surface area contributed by atoms with Crippen LogP contribution in [0.2, 0.25) is 5.02 Å². The number of halogens is 1. The SMILES string of the molecule is CCC1CCC(n2cc(Cl)c(N)n2)CC1. The zero-order valence-corrected chi connectivity index (χ0v) is 9.87. The molecule has 0 atom stereocenters. The summed E-state index contributed by atoms with van der Waals surface area (Å²) in [5.74, 6) is 1.36. The van der Waals surface area contributed by atoms with Gasteiger partial charge in [-0.3, -0.25) is 4.68 Å². The van der Waals surface area contributed by atoms with Crippen molar-refractivity contribution in [2.75, 3.05) is 5.73 Å². The topological polar surface area (TPSA) is 43.8 Å². The summed E-state index contributed by atoms with van der Waals surface area (Å²) in [5, 5.41) is 4.82. The van der Waals surface area contributed by atoms with Gasteiger partial charge in [-0.25, -0.2) is 0 Å². The summed E-state index contributed by atoms with van der Waals surface area (Å²) in [6.45, 7) is 2.27. The second-order valence-corrected chi connectivity index (χ2v) is 4.83. The van der Waals surface area contributed by atoms with Crippen LogP contribution in [-0.4, -0.2) is 9.78 Å². The number of nitrogens with two attached hydrogens (primary N) is 1. The Bertz CT molecular complexity index is 307. The Morgan fingerprint density at radius 3 is 2.60 bits per heavy atom. The summed E-state index contributed by atoms with van der Waals surface area (Å²) >= 11 is 5.90. The highest BCUT2D eigenvalue weighted by atomic mass is 35.5. The number of nitrogen functional groups attached to an aromatic ring is 1. The van der Waals surface area contributed by atoms with E-state index in [0.717, 1.165) is 5.92 Å². The van der Waals surface area contributed by atoms with Gasteiger partial charge in [0.05, 0.1) is 6.04 Å². The van der Waals surface area contributed by atoms with E-state index >= 15 is 0 Å². The Kier molecular flexibility index (Phi) is 3.19. The molecule has 15 heavy (non-hydrogen) atoms. The largest absolute Gasteiger partial charge is 0.381 e. The third-order valence-corrected chi connectivity index (χ3v) is 3.77. The average Bonchev–Trinajstić information content (AvgIpc) is 2.59. The third-order valence-electron chi connectivity index (χ3n) is 3.48. The maximum absolute atomic E-state index is 5.90. The van der Waals surface area contributed by atoms with Gasteiger partial charge in [-0.05, 0) is 31.6 Å². The van der Waals surface area contributed by atoms with E-state index in [1.165, 1.54) is 32.1 Å². The van der Waals surface area contributed by atoms with Gasteiger partial charge in [0.2, 0.25) is 0 Å². The molecule has 0 radical (unpaired) electrons. The molecule has 0 aliphatic heterocycles. The Labute approximate surface area is 95.6 Å². The minimum absolute atomic E-state index is 0.453. The van der Waals surface area contributed by atoms with Crippen LogP contribution in [0.15, 0.2) is 6.20 Å². The molecule has 2 rings (SSSR count). The summed E-state index contributed by atoms with van der Waals surface area (Å²) in [6, 6.07) is 0.502. The second-order valence-electron chi connectivity index (χ2n) is 4.43. The average molecular weight is 228 g/mol. The molecule has 2 N–H and O–H groups in total. The Morgan fingerprint density at radius 2 is 2.13 bits per heavy atom. The molecule has 3 nitrogen and oxygen atoms in total. The summed E-state index contributed by atoms with van der Waals surface area (Å²) in [6.07, 6.45) is 8.17. The maximum Gasteiger partial charge on any atom is 0.164 e. The molecule has 1 aromatic heterocycles. The van der Waals surface area contributed by atoms with Gasteiger partial charge in [-0.2, -0.15) is 5.10 Å². The standard InChI is InChI=1S/C11H18ClN3/c1-2-8-3-5-9(6-4-8)15-7-10(12)11(13)14-15/h7-9H,2-6H2,1H3,(H2,13,14). The molecule has 1 heterocycles. The van der Waals surface area contributed by atoms with Crippen LogP contribution in [0.4, 0.5) is 5.82 Å². The lowest BCUT2D eigenvalue weighted by molar-refractivity contribution is 0.256. The van der Waals surface area contributed by atoms with Crippen molar-refractivity contribution in [1.29, 1.82) is 0 Å². The molecular formula is C11H18ClN3. The zero-order chi connectivity index (χ0) is 10.8. The van der Waals surface area contributed by atoms with E-state index in [4.69, 9.17) is 17.3 Å². The van der Waals surface area contributed by atoms with E-state index in [1.807, 2.05) is 10.9 Å². The summed E-state index contributed by atoms with van der Waals surface area (Å²) in [7, 11) is 0. The molecule has 0 spiro atoms. The van der Waals surface area contributed by atoms with Crippen molar-refractivity contribution in [3.8, 4) is 0 Å². The lowest BCUT2D eigenvalue weighted by atomic mass is 9.85. The van der Waals surface area contributed by atoms with Gasteiger partial charge in [-0.15, -0.1) is 0 Å². The Morgan fingerprint density at radius 1 is 1.47 bits per heavy atom. The van der Waals surface area contributed by atoms with Crippen molar-refractivity contribution in [2.24, 2.45) is 5.92 Å². The van der Waals surface area contributed by atoms with Gasteiger partial charge >= 0.3 is 0 Å². The molecule has 0 bridgehead atoms. The minimum atomic E-state index is 0.453. The van der Waals surface area contributed by atoms with Crippen molar-refractivity contribution >= 4 is 17.4 Å². The quantitative estimate of drug-likeness (QED) is 0.843. The van der Waals surface area contributed by atoms with Gasteiger partial charge in [-0.1, -0.05) is 24.9 Å². The van der Waals surface area contributed by atoms with Crippen LogP contribution in [0, 0.1) is 5.92 Å². The summed E-state index contributed by atoms with van der Waals surface area (Å²) in [5.41, 5.74) is 5.64. The summed E-state index contributed by atoms with van der Waals surface area (Å²) in [4.78, 5) is 0. The van der Waals surface area contributed by atoms with E-state index in [1.54, 1.807) is 0 Å². The predicted octanol–water partition coefficient (Wildman–Crippen LogP) is 3.26. The molecule has 0 amide bonds. The van der Waals surface area contributed by atoms with Gasteiger partial charge in [0.15, 0.2) is 5.82 Å². The predicted molar refractivity (Wildman–Crippen MR) is 62.9 cm³/mol. The maximum atomic E-state index is 5.90. The minimum Gasteiger partial charge on any atom is -0.381 e. The molecule has 0 saturated heterocycles. The van der Waals surface area contributed by atoms with Crippen LogP contribution in [0.25, 0.3) is 0 Å². The van der Waals surface area contributed by atoms with Gasteiger partial charge in [0, 0.05) is 6.20 Å². The third kappa shape index (κ3) is 2.28. The van der Waals surface area contributed by atoms with Crippen molar-refractivity contribution < 1.29 is 0 Å². The second kappa shape index (κ2) is 4.44.